The largest absolute Gasteiger partial charge is 0.496 e. The minimum Gasteiger partial charge on any atom is -0.496 e. The van der Waals surface area contributed by atoms with Gasteiger partial charge >= 0.3 is 0 Å². The Hall–Kier alpha value is -2.47. The van der Waals surface area contributed by atoms with Crippen LogP contribution in [0.3, 0.4) is 0 Å². The smallest absolute Gasteiger partial charge is 0.243 e. The number of methoxy groups -OCH3 is 1. The number of rotatable bonds is 4. The molecular weight excluding hydrogens is 374 g/mol. The first-order chi connectivity index (χ1) is 14.1. The van der Waals surface area contributed by atoms with Crippen molar-refractivity contribution in [3.05, 3.63) is 65.2 Å². The van der Waals surface area contributed by atoms with Crippen LogP contribution in [-0.4, -0.2) is 41.4 Å². The van der Waals surface area contributed by atoms with Crippen molar-refractivity contribution in [2.75, 3.05) is 20.2 Å². The average Bonchev–Trinajstić information content (AvgIpc) is 3.34. The minimum atomic E-state index is -0.624. The zero-order valence-corrected chi connectivity index (χ0v) is 16.4. The number of hydrogen-bond acceptors (Lipinski definition) is 3. The summed E-state index contributed by atoms with van der Waals surface area (Å²) in [7, 11) is 1.63. The van der Waals surface area contributed by atoms with Gasteiger partial charge in [-0.25, -0.2) is 8.78 Å². The molecule has 0 N–H and O–H groups in total. The monoisotopic (exact) mass is 398 g/mol. The Morgan fingerprint density at radius 2 is 1.90 bits per heavy atom. The SMILES string of the molecule is COc1ccccc1CN1C[C@@H]2C[C@@H](c3c(F)cccc3F)N3CCC[C@@]23C1=O. The lowest BCUT2D eigenvalue weighted by atomic mass is 9.85. The summed E-state index contributed by atoms with van der Waals surface area (Å²) in [4.78, 5) is 17.6. The molecule has 29 heavy (non-hydrogen) atoms. The summed E-state index contributed by atoms with van der Waals surface area (Å²) >= 11 is 0. The summed E-state index contributed by atoms with van der Waals surface area (Å²) in [5.74, 6) is -0.100. The maximum atomic E-state index is 14.5. The Kier molecular flexibility index (Phi) is 4.35. The summed E-state index contributed by atoms with van der Waals surface area (Å²) in [6.45, 7) is 1.80. The summed E-state index contributed by atoms with van der Waals surface area (Å²) in [5.41, 5.74) is 0.467. The van der Waals surface area contributed by atoms with E-state index in [1.165, 1.54) is 18.2 Å². The Morgan fingerprint density at radius 3 is 2.66 bits per heavy atom. The van der Waals surface area contributed by atoms with E-state index in [9.17, 15) is 13.6 Å². The van der Waals surface area contributed by atoms with Gasteiger partial charge in [0.2, 0.25) is 5.91 Å². The molecule has 1 amide bonds. The number of benzene rings is 2. The first-order valence-corrected chi connectivity index (χ1v) is 10.2. The molecule has 3 aliphatic rings. The number of likely N-dealkylation sites (tertiary alicyclic amines) is 1. The quantitative estimate of drug-likeness (QED) is 0.783. The molecule has 0 unspecified atom stereocenters. The van der Waals surface area contributed by atoms with Gasteiger partial charge in [0.25, 0.3) is 0 Å². The van der Waals surface area contributed by atoms with E-state index in [1.54, 1.807) is 7.11 Å². The third kappa shape index (κ3) is 2.61. The van der Waals surface area contributed by atoms with Gasteiger partial charge in [-0.15, -0.1) is 0 Å². The summed E-state index contributed by atoms with van der Waals surface area (Å²) in [6, 6.07) is 11.4. The van der Waals surface area contributed by atoms with Gasteiger partial charge in [-0.1, -0.05) is 24.3 Å². The number of hydrogen-bond donors (Lipinski definition) is 0. The Bertz CT molecular complexity index is 945. The third-order valence-corrected chi connectivity index (χ3v) is 7.01. The zero-order valence-electron chi connectivity index (χ0n) is 16.4. The van der Waals surface area contributed by atoms with Crippen molar-refractivity contribution in [1.82, 2.24) is 9.80 Å². The predicted octanol–water partition coefficient (Wildman–Crippen LogP) is 3.91. The first kappa shape index (κ1) is 18.6. The lowest BCUT2D eigenvalue weighted by Gasteiger charge is -2.34. The molecule has 0 aliphatic carbocycles. The maximum Gasteiger partial charge on any atom is 0.243 e. The van der Waals surface area contributed by atoms with Crippen LogP contribution in [0.5, 0.6) is 5.75 Å². The van der Waals surface area contributed by atoms with Gasteiger partial charge in [-0.2, -0.15) is 0 Å². The highest BCUT2D eigenvalue weighted by Gasteiger charge is 2.65. The van der Waals surface area contributed by atoms with Crippen molar-refractivity contribution in [3.63, 3.8) is 0 Å². The van der Waals surface area contributed by atoms with Gasteiger partial charge < -0.3 is 9.64 Å². The summed E-state index contributed by atoms with van der Waals surface area (Å²) in [6.07, 6.45) is 2.23. The number of para-hydroxylation sites is 1. The van der Waals surface area contributed by atoms with Crippen molar-refractivity contribution in [2.24, 2.45) is 5.92 Å². The normalized spacial score (nSPS) is 28.7. The molecule has 2 aromatic rings. The number of nitrogens with zero attached hydrogens (tertiary/aromatic N) is 2. The summed E-state index contributed by atoms with van der Waals surface area (Å²) in [5, 5.41) is 0. The Labute approximate surface area is 169 Å². The number of amides is 1. The summed E-state index contributed by atoms with van der Waals surface area (Å²) < 4.78 is 34.4. The lowest BCUT2D eigenvalue weighted by Crippen LogP contribution is -2.49. The molecular formula is C23H24F2N2O2. The molecule has 2 aromatic carbocycles. The highest BCUT2D eigenvalue weighted by Crippen LogP contribution is 2.56. The highest BCUT2D eigenvalue weighted by atomic mass is 19.1. The van der Waals surface area contributed by atoms with Crippen LogP contribution in [0.2, 0.25) is 0 Å². The molecule has 3 aliphatic heterocycles. The van der Waals surface area contributed by atoms with Gasteiger partial charge in [0.15, 0.2) is 0 Å². The predicted molar refractivity (Wildman–Crippen MR) is 104 cm³/mol. The molecule has 0 saturated carbocycles. The van der Waals surface area contributed by atoms with Crippen LogP contribution in [0, 0.1) is 17.6 Å². The van der Waals surface area contributed by atoms with Crippen molar-refractivity contribution < 1.29 is 18.3 Å². The highest BCUT2D eigenvalue weighted by molar-refractivity contribution is 5.90. The van der Waals surface area contributed by atoms with Crippen LogP contribution in [0.25, 0.3) is 0 Å². The van der Waals surface area contributed by atoms with Gasteiger partial charge in [0.05, 0.1) is 7.11 Å². The molecule has 0 aromatic heterocycles. The molecule has 6 heteroatoms. The van der Waals surface area contributed by atoms with Crippen molar-refractivity contribution in [1.29, 1.82) is 0 Å². The van der Waals surface area contributed by atoms with Gasteiger partial charge in [-0.05, 0) is 44.0 Å². The molecule has 0 bridgehead atoms. The second kappa shape index (κ2) is 6.80. The van der Waals surface area contributed by atoms with Crippen LogP contribution in [0.15, 0.2) is 42.5 Å². The van der Waals surface area contributed by atoms with E-state index in [0.717, 1.165) is 24.2 Å². The second-order valence-electron chi connectivity index (χ2n) is 8.30. The Balaban J connectivity index is 1.46. The van der Waals surface area contributed by atoms with Gasteiger partial charge in [0.1, 0.15) is 22.9 Å². The third-order valence-electron chi connectivity index (χ3n) is 7.01. The molecule has 4 nitrogen and oxygen atoms in total. The van der Waals surface area contributed by atoms with Crippen molar-refractivity contribution >= 4 is 5.91 Å². The first-order valence-electron chi connectivity index (χ1n) is 10.2. The van der Waals surface area contributed by atoms with Gasteiger partial charge in [-0.3, -0.25) is 9.69 Å². The van der Waals surface area contributed by atoms with E-state index in [1.807, 2.05) is 29.2 Å². The van der Waals surface area contributed by atoms with Crippen molar-refractivity contribution in [2.45, 2.75) is 37.4 Å². The molecule has 3 fully saturated rings. The molecule has 152 valence electrons. The van der Waals surface area contributed by atoms with Gasteiger partial charge in [0, 0.05) is 36.2 Å². The fourth-order valence-corrected chi connectivity index (χ4v) is 5.86. The topological polar surface area (TPSA) is 32.8 Å². The van der Waals surface area contributed by atoms with E-state index in [2.05, 4.69) is 4.90 Å². The van der Waals surface area contributed by atoms with Crippen LogP contribution >= 0.6 is 0 Å². The molecule has 1 spiro atoms. The maximum absolute atomic E-state index is 14.5. The number of carbonyl (C=O) groups is 1. The van der Waals surface area contributed by atoms with E-state index < -0.39 is 17.2 Å². The zero-order chi connectivity index (χ0) is 20.2. The molecule has 0 radical (unpaired) electrons. The average molecular weight is 398 g/mol. The van der Waals surface area contributed by atoms with E-state index in [-0.39, 0.29) is 23.4 Å². The van der Waals surface area contributed by atoms with Crippen LogP contribution in [0.4, 0.5) is 8.78 Å². The minimum absolute atomic E-state index is 0.0798. The molecule has 3 atom stereocenters. The van der Waals surface area contributed by atoms with E-state index in [0.29, 0.717) is 26.1 Å². The number of ether oxygens (including phenoxy) is 1. The standard InChI is InChI=1S/C23H24F2N2O2/c1-29-20-9-3-2-6-15(20)13-26-14-16-12-19(21-17(24)7-4-8-18(21)25)27-11-5-10-23(16,27)22(26)28/h2-4,6-9,16,19H,5,10-14H2,1H3/t16-,19-,23-/m0/s1. The van der Waals surface area contributed by atoms with Crippen LogP contribution in [-0.2, 0) is 11.3 Å². The Morgan fingerprint density at radius 1 is 1.14 bits per heavy atom. The van der Waals surface area contributed by atoms with Crippen LogP contribution in [0.1, 0.15) is 36.4 Å². The van der Waals surface area contributed by atoms with E-state index in [4.69, 9.17) is 4.74 Å². The van der Waals surface area contributed by atoms with E-state index >= 15 is 0 Å². The molecule has 3 saturated heterocycles. The molecule has 3 heterocycles. The lowest BCUT2D eigenvalue weighted by molar-refractivity contribution is -0.137. The van der Waals surface area contributed by atoms with Crippen molar-refractivity contribution in [3.8, 4) is 5.75 Å². The van der Waals surface area contributed by atoms with Crippen LogP contribution < -0.4 is 4.74 Å². The number of halogens is 2. The number of carbonyl (C=O) groups excluding carboxylic acids is 1. The fraction of sp³-hybridized carbons (Fsp3) is 0.435. The molecule has 5 rings (SSSR count). The fourth-order valence-electron chi connectivity index (χ4n) is 5.86. The second-order valence-corrected chi connectivity index (χ2v) is 8.30.